The molecule has 1 aliphatic rings. The third kappa shape index (κ3) is 5.64. The van der Waals surface area contributed by atoms with E-state index in [1.165, 1.54) is 0 Å². The molecule has 0 amide bonds. The van der Waals surface area contributed by atoms with Crippen LogP contribution in [0.15, 0.2) is 23.3 Å². The normalized spacial score (nSPS) is 16.2. The molecule has 0 atom stereocenters. The molecule has 1 aromatic rings. The molecule has 0 radical (unpaired) electrons. The van der Waals surface area contributed by atoms with Gasteiger partial charge in [0.25, 0.3) is 0 Å². The van der Waals surface area contributed by atoms with E-state index < -0.39 is 0 Å². The Morgan fingerprint density at radius 3 is 2.52 bits per heavy atom. The number of hydrogen-bond donors (Lipinski definition) is 2. The Bertz CT molecular complexity index is 624. The molecule has 1 heterocycles. The van der Waals surface area contributed by atoms with Crippen LogP contribution in [0.25, 0.3) is 0 Å². The predicted octanol–water partition coefficient (Wildman–Crippen LogP) is 2.56. The maximum atomic E-state index is 14.6. The standard InChI is InChI=1S/C18H28FN5S/c1-5-23-8-10-24(11-9-23)17-7-6-15(12-16(17)19)14(4)21-22-18(25)20-13(2)3/h6-7,12-13H,5,8-11H2,1-4H3,(H2,20,22,25)/b21-14-. The molecular weight excluding hydrogens is 337 g/mol. The lowest BCUT2D eigenvalue weighted by atomic mass is 10.1. The van der Waals surface area contributed by atoms with Crippen molar-refractivity contribution in [3.8, 4) is 0 Å². The molecule has 1 aliphatic heterocycles. The van der Waals surface area contributed by atoms with Crippen LogP contribution in [0.4, 0.5) is 10.1 Å². The van der Waals surface area contributed by atoms with Gasteiger partial charge in [-0.2, -0.15) is 5.10 Å². The van der Waals surface area contributed by atoms with E-state index in [2.05, 4.69) is 32.6 Å². The summed E-state index contributed by atoms with van der Waals surface area (Å²) >= 11 is 5.14. The molecule has 0 saturated carbocycles. The van der Waals surface area contributed by atoms with Crippen LogP contribution < -0.4 is 15.6 Å². The summed E-state index contributed by atoms with van der Waals surface area (Å²) < 4.78 is 14.6. The number of nitrogens with one attached hydrogen (secondary N) is 2. The van der Waals surface area contributed by atoms with Gasteiger partial charge in [-0.3, -0.25) is 5.43 Å². The van der Waals surface area contributed by atoms with Crippen molar-refractivity contribution in [3.05, 3.63) is 29.6 Å². The summed E-state index contributed by atoms with van der Waals surface area (Å²) in [5.74, 6) is -0.208. The molecule has 0 unspecified atom stereocenters. The van der Waals surface area contributed by atoms with Crippen LogP contribution in [0.1, 0.15) is 33.3 Å². The average molecular weight is 366 g/mol. The van der Waals surface area contributed by atoms with E-state index in [4.69, 9.17) is 12.2 Å². The van der Waals surface area contributed by atoms with Crippen molar-refractivity contribution < 1.29 is 4.39 Å². The average Bonchev–Trinajstić information content (AvgIpc) is 2.59. The SMILES string of the molecule is CCN1CCN(c2ccc(/C(C)=N\NC(=S)NC(C)C)cc2F)CC1. The molecule has 138 valence electrons. The van der Waals surface area contributed by atoms with Crippen molar-refractivity contribution in [2.45, 2.75) is 33.7 Å². The largest absolute Gasteiger partial charge is 0.367 e. The third-order valence-corrected chi connectivity index (χ3v) is 4.48. The lowest BCUT2D eigenvalue weighted by Gasteiger charge is -2.35. The van der Waals surface area contributed by atoms with Gasteiger partial charge in [0, 0.05) is 37.8 Å². The van der Waals surface area contributed by atoms with Crippen LogP contribution in [-0.2, 0) is 0 Å². The van der Waals surface area contributed by atoms with Gasteiger partial charge in [0.15, 0.2) is 5.11 Å². The minimum absolute atomic E-state index is 0.208. The first kappa shape index (κ1) is 19.6. The number of likely N-dealkylation sites (N-methyl/N-ethyl adjacent to an activating group) is 1. The molecule has 1 saturated heterocycles. The first-order chi connectivity index (χ1) is 11.9. The maximum absolute atomic E-state index is 14.6. The Balaban J connectivity index is 2.02. The highest BCUT2D eigenvalue weighted by Crippen LogP contribution is 2.22. The van der Waals surface area contributed by atoms with Gasteiger partial charge in [0.05, 0.1) is 11.4 Å². The Hall–Kier alpha value is -1.73. The minimum atomic E-state index is -0.208. The van der Waals surface area contributed by atoms with Gasteiger partial charge in [-0.25, -0.2) is 4.39 Å². The molecule has 25 heavy (non-hydrogen) atoms. The second-order valence-corrected chi connectivity index (χ2v) is 6.93. The number of hydrazone groups is 1. The van der Waals surface area contributed by atoms with Crippen molar-refractivity contribution in [2.75, 3.05) is 37.6 Å². The summed E-state index contributed by atoms with van der Waals surface area (Å²) in [5.41, 5.74) is 4.89. The summed E-state index contributed by atoms with van der Waals surface area (Å²) in [6, 6.07) is 5.53. The number of piperazine rings is 1. The molecule has 2 N–H and O–H groups in total. The van der Waals surface area contributed by atoms with Gasteiger partial charge < -0.3 is 15.1 Å². The number of halogens is 1. The quantitative estimate of drug-likeness (QED) is 0.477. The van der Waals surface area contributed by atoms with Crippen molar-refractivity contribution in [2.24, 2.45) is 5.10 Å². The van der Waals surface area contributed by atoms with Crippen molar-refractivity contribution in [3.63, 3.8) is 0 Å². The van der Waals surface area contributed by atoms with E-state index in [1.54, 1.807) is 6.07 Å². The highest BCUT2D eigenvalue weighted by molar-refractivity contribution is 7.80. The van der Waals surface area contributed by atoms with Gasteiger partial charge >= 0.3 is 0 Å². The summed E-state index contributed by atoms with van der Waals surface area (Å²) in [5, 5.41) is 7.74. The van der Waals surface area contributed by atoms with Crippen molar-refractivity contribution in [1.29, 1.82) is 0 Å². The highest BCUT2D eigenvalue weighted by Gasteiger charge is 2.18. The number of rotatable bonds is 5. The number of nitrogens with zero attached hydrogens (tertiary/aromatic N) is 3. The Morgan fingerprint density at radius 2 is 1.96 bits per heavy atom. The second kappa shape index (κ2) is 9.10. The fourth-order valence-corrected chi connectivity index (χ4v) is 3.07. The van der Waals surface area contributed by atoms with E-state index in [1.807, 2.05) is 32.9 Å². The fraction of sp³-hybridized carbons (Fsp3) is 0.556. The molecule has 0 aromatic heterocycles. The van der Waals surface area contributed by atoms with E-state index in [0.29, 0.717) is 16.5 Å². The van der Waals surface area contributed by atoms with Crippen LogP contribution in [0.3, 0.4) is 0 Å². The minimum Gasteiger partial charge on any atom is -0.367 e. The van der Waals surface area contributed by atoms with Gasteiger partial charge in [-0.1, -0.05) is 13.0 Å². The maximum Gasteiger partial charge on any atom is 0.187 e. The smallest absolute Gasteiger partial charge is 0.187 e. The van der Waals surface area contributed by atoms with Gasteiger partial charge in [0.1, 0.15) is 5.82 Å². The van der Waals surface area contributed by atoms with Crippen LogP contribution in [0.2, 0.25) is 0 Å². The molecule has 0 spiro atoms. The summed E-state index contributed by atoms with van der Waals surface area (Å²) in [6.07, 6.45) is 0. The zero-order valence-corrected chi connectivity index (χ0v) is 16.3. The summed E-state index contributed by atoms with van der Waals surface area (Å²) in [4.78, 5) is 4.48. The number of benzene rings is 1. The molecule has 1 aromatic carbocycles. The molecule has 0 aliphatic carbocycles. The van der Waals surface area contributed by atoms with Gasteiger partial charge in [0.2, 0.25) is 0 Å². The first-order valence-corrected chi connectivity index (χ1v) is 9.19. The number of hydrogen-bond acceptors (Lipinski definition) is 4. The zero-order chi connectivity index (χ0) is 18.4. The van der Waals surface area contributed by atoms with Crippen LogP contribution >= 0.6 is 12.2 Å². The monoisotopic (exact) mass is 365 g/mol. The second-order valence-electron chi connectivity index (χ2n) is 6.52. The number of anilines is 1. The van der Waals surface area contributed by atoms with Gasteiger partial charge in [-0.05, 0) is 51.7 Å². The molecule has 1 fully saturated rings. The van der Waals surface area contributed by atoms with Crippen LogP contribution in [0.5, 0.6) is 0 Å². The molecule has 2 rings (SSSR count). The Morgan fingerprint density at radius 1 is 1.28 bits per heavy atom. The van der Waals surface area contributed by atoms with Crippen LogP contribution in [-0.4, -0.2) is 54.5 Å². The molecule has 7 heteroatoms. The lowest BCUT2D eigenvalue weighted by molar-refractivity contribution is 0.270. The predicted molar refractivity (Wildman–Crippen MR) is 107 cm³/mol. The summed E-state index contributed by atoms with van der Waals surface area (Å²) in [7, 11) is 0. The van der Waals surface area contributed by atoms with E-state index >= 15 is 0 Å². The topological polar surface area (TPSA) is 42.9 Å². The van der Waals surface area contributed by atoms with Gasteiger partial charge in [-0.15, -0.1) is 0 Å². The highest BCUT2D eigenvalue weighted by atomic mass is 32.1. The lowest BCUT2D eigenvalue weighted by Crippen LogP contribution is -2.46. The molecular formula is C18H28FN5S. The fourth-order valence-electron chi connectivity index (χ4n) is 2.79. The first-order valence-electron chi connectivity index (χ1n) is 8.78. The zero-order valence-electron chi connectivity index (χ0n) is 15.5. The van der Waals surface area contributed by atoms with E-state index in [-0.39, 0.29) is 11.9 Å². The van der Waals surface area contributed by atoms with E-state index in [9.17, 15) is 4.39 Å². The number of thiocarbonyl (C=S) groups is 1. The molecule has 0 bridgehead atoms. The van der Waals surface area contributed by atoms with Crippen LogP contribution in [0, 0.1) is 5.82 Å². The van der Waals surface area contributed by atoms with E-state index in [0.717, 1.165) is 38.3 Å². The third-order valence-electron chi connectivity index (χ3n) is 4.27. The Labute approximate surface area is 155 Å². The summed E-state index contributed by atoms with van der Waals surface area (Å²) in [6.45, 7) is 12.7. The van der Waals surface area contributed by atoms with Crippen molar-refractivity contribution in [1.82, 2.24) is 15.6 Å². The van der Waals surface area contributed by atoms with Crippen molar-refractivity contribution >= 4 is 28.7 Å². The Kier molecular flexibility index (Phi) is 7.13. The molecule has 5 nitrogen and oxygen atoms in total.